The van der Waals surface area contributed by atoms with Crippen molar-refractivity contribution in [1.82, 2.24) is 9.55 Å². The van der Waals surface area contributed by atoms with Crippen LogP contribution in [0.5, 0.6) is 11.5 Å². The Morgan fingerprint density at radius 3 is 2.23 bits per heavy atom. The van der Waals surface area contributed by atoms with Gasteiger partial charge in [0, 0.05) is 25.8 Å². The van der Waals surface area contributed by atoms with Crippen molar-refractivity contribution in [2.75, 3.05) is 25.6 Å². The molecule has 1 aromatic heterocycles. The molecule has 0 aliphatic rings. The molecule has 0 aliphatic heterocycles. The minimum Gasteiger partial charge on any atom is -0.494 e. The van der Waals surface area contributed by atoms with Crippen molar-refractivity contribution in [2.45, 2.75) is 26.6 Å². The molecule has 210 valence electrons. The van der Waals surface area contributed by atoms with Crippen molar-refractivity contribution in [3.63, 3.8) is 0 Å². The number of carboxylic acids is 2. The molecule has 0 spiro atoms. The first-order valence-electron chi connectivity index (χ1n) is 12.6. The molecule has 0 saturated carbocycles. The summed E-state index contributed by atoms with van der Waals surface area (Å²) in [6, 6.07) is 26.4. The molecule has 0 amide bonds. The van der Waals surface area contributed by atoms with Gasteiger partial charge in [0.25, 0.3) is 0 Å². The molecule has 0 fully saturated rings. The highest BCUT2D eigenvalue weighted by Gasteiger charge is 2.12. The SMILES string of the molecule is CCOc1ccc(-c2cnc(NCc3cccc(OCc4ccccc4)c3)n2CCOC)cc1.O=C(O)C(=O)O. The Bertz CT molecular complexity index is 1340. The van der Waals surface area contributed by atoms with Gasteiger partial charge in [0.05, 0.1) is 25.1 Å². The molecule has 4 aromatic rings. The highest BCUT2D eigenvalue weighted by atomic mass is 16.5. The van der Waals surface area contributed by atoms with Gasteiger partial charge in [0.15, 0.2) is 0 Å². The second kappa shape index (κ2) is 15.6. The van der Waals surface area contributed by atoms with E-state index in [4.69, 9.17) is 34.0 Å². The lowest BCUT2D eigenvalue weighted by molar-refractivity contribution is -0.159. The Morgan fingerprint density at radius 2 is 1.57 bits per heavy atom. The Hall–Kier alpha value is -4.83. The summed E-state index contributed by atoms with van der Waals surface area (Å²) >= 11 is 0. The summed E-state index contributed by atoms with van der Waals surface area (Å²) in [5.74, 6) is -1.13. The van der Waals surface area contributed by atoms with Crippen LogP contribution in [0.3, 0.4) is 0 Å². The number of anilines is 1. The molecule has 0 saturated heterocycles. The predicted molar refractivity (Wildman–Crippen MR) is 151 cm³/mol. The van der Waals surface area contributed by atoms with Crippen LogP contribution in [0.15, 0.2) is 85.1 Å². The van der Waals surface area contributed by atoms with Crippen molar-refractivity contribution in [2.24, 2.45) is 0 Å². The molecule has 0 bridgehead atoms. The van der Waals surface area contributed by atoms with Gasteiger partial charge in [0.2, 0.25) is 5.95 Å². The molecule has 10 nitrogen and oxygen atoms in total. The number of methoxy groups -OCH3 is 1. The highest BCUT2D eigenvalue weighted by molar-refractivity contribution is 6.27. The fourth-order valence-corrected chi connectivity index (χ4v) is 3.71. The highest BCUT2D eigenvalue weighted by Crippen LogP contribution is 2.26. The molecule has 0 radical (unpaired) electrons. The smallest absolute Gasteiger partial charge is 0.414 e. The third kappa shape index (κ3) is 9.17. The van der Waals surface area contributed by atoms with Crippen LogP contribution in [-0.4, -0.2) is 52.0 Å². The third-order valence-corrected chi connectivity index (χ3v) is 5.62. The molecule has 10 heteroatoms. The Kier molecular flexibility index (Phi) is 11.6. The summed E-state index contributed by atoms with van der Waals surface area (Å²) in [6.07, 6.45) is 1.90. The average Bonchev–Trinajstić information content (AvgIpc) is 3.38. The molecule has 40 heavy (non-hydrogen) atoms. The van der Waals surface area contributed by atoms with Crippen molar-refractivity contribution in [3.05, 3.63) is 96.2 Å². The largest absolute Gasteiger partial charge is 0.494 e. The number of imidazole rings is 1. The van der Waals surface area contributed by atoms with Gasteiger partial charge in [-0.2, -0.15) is 0 Å². The summed E-state index contributed by atoms with van der Waals surface area (Å²) in [5.41, 5.74) is 4.38. The van der Waals surface area contributed by atoms with E-state index in [0.717, 1.165) is 39.8 Å². The Balaban J connectivity index is 0.000000663. The normalized spacial score (nSPS) is 10.2. The summed E-state index contributed by atoms with van der Waals surface area (Å²) in [4.78, 5) is 22.9. The monoisotopic (exact) mass is 547 g/mol. The molecule has 3 aromatic carbocycles. The molecule has 4 rings (SSSR count). The number of nitrogens with zero attached hydrogens (tertiary/aromatic N) is 2. The summed E-state index contributed by atoms with van der Waals surface area (Å²) in [6.45, 7) is 5.10. The fourth-order valence-electron chi connectivity index (χ4n) is 3.71. The van der Waals surface area contributed by atoms with Gasteiger partial charge >= 0.3 is 11.9 Å². The van der Waals surface area contributed by atoms with Gasteiger partial charge in [0.1, 0.15) is 18.1 Å². The zero-order chi connectivity index (χ0) is 28.7. The zero-order valence-corrected chi connectivity index (χ0v) is 22.4. The number of hydrogen-bond acceptors (Lipinski definition) is 7. The molecule has 3 N–H and O–H groups in total. The second-order valence-electron chi connectivity index (χ2n) is 8.45. The lowest BCUT2D eigenvalue weighted by atomic mass is 10.1. The lowest BCUT2D eigenvalue weighted by Gasteiger charge is -2.14. The van der Waals surface area contributed by atoms with Gasteiger partial charge in [-0.15, -0.1) is 0 Å². The van der Waals surface area contributed by atoms with E-state index >= 15 is 0 Å². The van der Waals surface area contributed by atoms with Crippen LogP contribution < -0.4 is 14.8 Å². The van der Waals surface area contributed by atoms with Crippen molar-refractivity contribution >= 4 is 17.9 Å². The van der Waals surface area contributed by atoms with Gasteiger partial charge < -0.3 is 34.3 Å². The van der Waals surface area contributed by atoms with Crippen molar-refractivity contribution in [1.29, 1.82) is 0 Å². The van der Waals surface area contributed by atoms with Gasteiger partial charge in [-0.3, -0.25) is 0 Å². The van der Waals surface area contributed by atoms with E-state index in [1.54, 1.807) is 7.11 Å². The fraction of sp³-hybridized carbons (Fsp3) is 0.233. The van der Waals surface area contributed by atoms with Crippen LogP contribution in [0.2, 0.25) is 0 Å². The summed E-state index contributed by atoms with van der Waals surface area (Å²) in [5, 5.41) is 18.3. The predicted octanol–water partition coefficient (Wildman–Crippen LogP) is 4.94. The maximum absolute atomic E-state index is 9.10. The molecule has 0 atom stereocenters. The first kappa shape index (κ1) is 29.7. The lowest BCUT2D eigenvalue weighted by Crippen LogP contribution is -2.11. The van der Waals surface area contributed by atoms with Gasteiger partial charge in [-0.1, -0.05) is 42.5 Å². The number of aliphatic carboxylic acids is 2. The maximum Gasteiger partial charge on any atom is 0.414 e. The van der Waals surface area contributed by atoms with Crippen LogP contribution in [0.1, 0.15) is 18.1 Å². The van der Waals surface area contributed by atoms with E-state index in [0.29, 0.717) is 32.9 Å². The molecule has 0 aliphatic carbocycles. The van der Waals surface area contributed by atoms with E-state index < -0.39 is 11.9 Å². The standard InChI is InChI=1S/C28H31N3O3.C2H2O4/c1-3-33-25-14-12-24(13-15-25)27-20-30-28(31(27)16-17-32-2)29-19-23-10-7-11-26(18-23)34-21-22-8-5-4-6-9-22;3-1(4)2(5)6/h4-15,18,20H,3,16-17,19,21H2,1-2H3,(H,29,30);(H,3,4)(H,5,6). The number of aromatic nitrogens is 2. The first-order valence-corrected chi connectivity index (χ1v) is 12.6. The van der Waals surface area contributed by atoms with E-state index in [9.17, 15) is 0 Å². The number of ether oxygens (including phenoxy) is 3. The number of carboxylic acid groups (broad SMARTS) is 2. The Labute approximate surface area is 232 Å². The van der Waals surface area contributed by atoms with Gasteiger partial charge in [-0.25, -0.2) is 14.6 Å². The number of hydrogen-bond donors (Lipinski definition) is 3. The number of carbonyl (C=O) groups is 2. The van der Waals surface area contributed by atoms with Crippen LogP contribution >= 0.6 is 0 Å². The van der Waals surface area contributed by atoms with Crippen LogP contribution in [-0.2, 0) is 34.0 Å². The quantitative estimate of drug-likeness (QED) is 0.211. The minimum absolute atomic E-state index is 0.546. The van der Waals surface area contributed by atoms with Crippen molar-refractivity contribution < 1.29 is 34.0 Å². The minimum atomic E-state index is -1.82. The van der Waals surface area contributed by atoms with E-state index in [1.807, 2.05) is 55.6 Å². The Morgan fingerprint density at radius 1 is 0.875 bits per heavy atom. The molecule has 1 heterocycles. The van der Waals surface area contributed by atoms with Gasteiger partial charge in [-0.05, 0) is 54.4 Å². The number of nitrogens with one attached hydrogen (secondary N) is 1. The second-order valence-corrected chi connectivity index (χ2v) is 8.45. The number of benzene rings is 3. The molecular formula is C30H33N3O7. The number of rotatable bonds is 12. The molecule has 0 unspecified atom stereocenters. The van der Waals surface area contributed by atoms with E-state index in [2.05, 4.69) is 51.3 Å². The zero-order valence-electron chi connectivity index (χ0n) is 22.4. The topological polar surface area (TPSA) is 132 Å². The van der Waals surface area contributed by atoms with Crippen LogP contribution in [0.25, 0.3) is 11.3 Å². The first-order chi connectivity index (χ1) is 19.4. The van der Waals surface area contributed by atoms with Crippen LogP contribution in [0.4, 0.5) is 5.95 Å². The maximum atomic E-state index is 9.10. The summed E-state index contributed by atoms with van der Waals surface area (Å²) < 4.78 is 19.0. The van der Waals surface area contributed by atoms with E-state index in [1.165, 1.54) is 0 Å². The van der Waals surface area contributed by atoms with E-state index in [-0.39, 0.29) is 0 Å². The summed E-state index contributed by atoms with van der Waals surface area (Å²) in [7, 11) is 1.71. The third-order valence-electron chi connectivity index (χ3n) is 5.62. The average molecular weight is 548 g/mol. The van der Waals surface area contributed by atoms with Crippen LogP contribution in [0, 0.1) is 0 Å². The van der Waals surface area contributed by atoms with Crippen molar-refractivity contribution in [3.8, 4) is 22.8 Å². The molecular weight excluding hydrogens is 514 g/mol.